The predicted molar refractivity (Wildman–Crippen MR) is 105 cm³/mol. The van der Waals surface area contributed by atoms with Gasteiger partial charge in [0.1, 0.15) is 0 Å². The minimum absolute atomic E-state index is 0.0478. The Morgan fingerprint density at radius 1 is 1.29 bits per heavy atom. The van der Waals surface area contributed by atoms with Gasteiger partial charge >= 0.3 is 0 Å². The second kappa shape index (κ2) is 9.54. The summed E-state index contributed by atoms with van der Waals surface area (Å²) in [7, 11) is -2.04. The van der Waals surface area contributed by atoms with Crippen LogP contribution in [0.15, 0.2) is 0 Å². The molecular weight excluding hydrogens is 382 g/mol. The van der Waals surface area contributed by atoms with E-state index in [2.05, 4.69) is 5.32 Å². The topological polar surface area (TPSA) is 96.0 Å². The van der Waals surface area contributed by atoms with Gasteiger partial charge in [-0.05, 0) is 25.2 Å². The van der Waals surface area contributed by atoms with Gasteiger partial charge in [0.15, 0.2) is 0 Å². The van der Waals surface area contributed by atoms with Crippen LogP contribution in [0.3, 0.4) is 0 Å². The first-order valence-corrected chi connectivity index (χ1v) is 12.1. The number of sulfonamides is 1. The summed E-state index contributed by atoms with van der Waals surface area (Å²) in [6, 6.07) is -0.563. The molecule has 28 heavy (non-hydrogen) atoms. The van der Waals surface area contributed by atoms with Crippen molar-refractivity contribution in [3.05, 3.63) is 0 Å². The number of nitrogens with zero attached hydrogens (tertiary/aromatic N) is 2. The van der Waals surface area contributed by atoms with Crippen molar-refractivity contribution in [1.29, 1.82) is 0 Å². The molecular formula is C19H33N3O5S. The monoisotopic (exact) mass is 415 g/mol. The number of fused-ring (bicyclic) bond motifs is 1. The van der Waals surface area contributed by atoms with Gasteiger partial charge in [-0.15, -0.1) is 0 Å². The van der Waals surface area contributed by atoms with Crippen LogP contribution in [0.2, 0.25) is 0 Å². The van der Waals surface area contributed by atoms with Crippen molar-refractivity contribution >= 4 is 21.8 Å². The third-order valence-electron chi connectivity index (χ3n) is 6.24. The Hall–Kier alpha value is -1.19. The van der Waals surface area contributed by atoms with E-state index in [4.69, 9.17) is 4.74 Å². The van der Waals surface area contributed by atoms with E-state index in [0.717, 1.165) is 10.7 Å². The van der Waals surface area contributed by atoms with E-state index in [9.17, 15) is 18.0 Å². The van der Waals surface area contributed by atoms with Gasteiger partial charge in [0.2, 0.25) is 15.9 Å². The van der Waals surface area contributed by atoms with Crippen LogP contribution in [0.5, 0.6) is 0 Å². The first kappa shape index (κ1) is 21.5. The van der Waals surface area contributed by atoms with Crippen LogP contribution >= 0.6 is 0 Å². The molecule has 2 heterocycles. The Balaban J connectivity index is 1.54. The highest BCUT2D eigenvalue weighted by Gasteiger charge is 2.45. The van der Waals surface area contributed by atoms with Gasteiger partial charge in [-0.1, -0.05) is 25.7 Å². The molecule has 2 aliphatic heterocycles. The molecule has 0 spiro atoms. The molecule has 1 saturated carbocycles. The van der Waals surface area contributed by atoms with Gasteiger partial charge in [-0.25, -0.2) is 12.7 Å². The lowest BCUT2D eigenvalue weighted by Crippen LogP contribution is -2.44. The molecule has 0 aromatic rings. The maximum absolute atomic E-state index is 12.9. The van der Waals surface area contributed by atoms with Crippen LogP contribution in [-0.4, -0.2) is 80.6 Å². The molecule has 0 aromatic carbocycles. The summed E-state index contributed by atoms with van der Waals surface area (Å²) in [5.74, 6) is 0.296. The van der Waals surface area contributed by atoms with E-state index in [1.165, 1.54) is 25.7 Å². The van der Waals surface area contributed by atoms with Crippen LogP contribution in [-0.2, 0) is 24.3 Å². The number of methoxy groups -OCH3 is 1. The molecule has 2 atom stereocenters. The van der Waals surface area contributed by atoms with E-state index >= 15 is 0 Å². The Bertz CT molecular complexity index is 662. The number of carbonyl (C=O) groups is 2. The normalized spacial score (nSPS) is 28.3. The number of amides is 2. The fourth-order valence-corrected chi connectivity index (χ4v) is 6.18. The average molecular weight is 416 g/mol. The Labute approximate surface area is 168 Å². The summed E-state index contributed by atoms with van der Waals surface area (Å²) in [6.45, 7) is 1.42. The summed E-state index contributed by atoms with van der Waals surface area (Å²) < 4.78 is 31.0. The minimum Gasteiger partial charge on any atom is -0.385 e. The molecule has 3 rings (SSSR count). The van der Waals surface area contributed by atoms with E-state index in [-0.39, 0.29) is 30.2 Å². The second-order valence-electron chi connectivity index (χ2n) is 8.27. The molecule has 3 fully saturated rings. The number of nitrogens with one attached hydrogen (secondary N) is 1. The zero-order chi connectivity index (χ0) is 20.1. The number of carbonyl (C=O) groups excluding carboxylic acids is 2. The standard InChI is InChI=1S/C19H33N3O5S/c1-27-11-4-9-22-19(24)17-13-16(14-21(17)10-12-28(22,25)26)20-18(23)8-7-15-5-2-3-6-15/h15-17H,2-14H2,1H3,(H,20,23). The molecule has 0 radical (unpaired) electrons. The predicted octanol–water partition coefficient (Wildman–Crippen LogP) is 0.724. The van der Waals surface area contributed by atoms with Gasteiger partial charge in [-0.3, -0.25) is 14.5 Å². The average Bonchev–Trinajstić information content (AvgIpc) is 3.29. The van der Waals surface area contributed by atoms with Crippen LogP contribution in [0.25, 0.3) is 0 Å². The lowest BCUT2D eigenvalue weighted by molar-refractivity contribution is -0.130. The molecule has 160 valence electrons. The highest BCUT2D eigenvalue weighted by atomic mass is 32.2. The van der Waals surface area contributed by atoms with Crippen molar-refractivity contribution in [2.75, 3.05) is 39.1 Å². The molecule has 2 amide bonds. The molecule has 2 unspecified atom stereocenters. The van der Waals surface area contributed by atoms with Gasteiger partial charge in [0, 0.05) is 45.8 Å². The summed E-state index contributed by atoms with van der Waals surface area (Å²) in [4.78, 5) is 27.2. The van der Waals surface area contributed by atoms with Gasteiger partial charge in [0.25, 0.3) is 5.91 Å². The number of ether oxygens (including phenoxy) is 1. The fraction of sp³-hybridized carbons (Fsp3) is 0.895. The second-order valence-corrected chi connectivity index (χ2v) is 10.3. The molecule has 0 bridgehead atoms. The molecule has 1 N–H and O–H groups in total. The smallest absolute Gasteiger partial charge is 0.253 e. The third-order valence-corrected chi connectivity index (χ3v) is 7.97. The Morgan fingerprint density at radius 3 is 2.75 bits per heavy atom. The Kier molecular flexibility index (Phi) is 7.33. The lowest BCUT2D eigenvalue weighted by atomic mass is 10.0. The van der Waals surface area contributed by atoms with E-state index in [0.29, 0.717) is 44.9 Å². The number of hydrogen-bond acceptors (Lipinski definition) is 6. The highest BCUT2D eigenvalue weighted by Crippen LogP contribution is 2.29. The maximum Gasteiger partial charge on any atom is 0.253 e. The number of hydrogen-bond donors (Lipinski definition) is 1. The van der Waals surface area contributed by atoms with Gasteiger partial charge in [-0.2, -0.15) is 0 Å². The summed E-state index contributed by atoms with van der Waals surface area (Å²) in [6.07, 6.45) is 7.45. The first-order chi connectivity index (χ1) is 13.4. The lowest BCUT2D eigenvalue weighted by Gasteiger charge is -2.23. The van der Waals surface area contributed by atoms with E-state index in [1.54, 1.807) is 7.11 Å². The highest BCUT2D eigenvalue weighted by molar-refractivity contribution is 7.89. The zero-order valence-electron chi connectivity index (χ0n) is 16.8. The van der Waals surface area contributed by atoms with Crippen LogP contribution < -0.4 is 5.32 Å². The SMILES string of the molecule is COCCCN1C(=O)C2CC(NC(=O)CCC3CCCC3)CN2CCS1(=O)=O. The quantitative estimate of drug-likeness (QED) is 0.587. The first-order valence-electron chi connectivity index (χ1n) is 10.5. The van der Waals surface area contributed by atoms with Crippen molar-refractivity contribution in [2.45, 2.75) is 63.5 Å². The third kappa shape index (κ3) is 5.24. The maximum atomic E-state index is 12.9. The van der Waals surface area contributed by atoms with Gasteiger partial charge < -0.3 is 10.1 Å². The largest absolute Gasteiger partial charge is 0.385 e. The summed E-state index contributed by atoms with van der Waals surface area (Å²) >= 11 is 0. The van der Waals surface area contributed by atoms with Crippen molar-refractivity contribution in [3.8, 4) is 0 Å². The van der Waals surface area contributed by atoms with Crippen LogP contribution in [0, 0.1) is 5.92 Å². The van der Waals surface area contributed by atoms with Crippen molar-refractivity contribution in [3.63, 3.8) is 0 Å². The van der Waals surface area contributed by atoms with E-state index in [1.807, 2.05) is 4.90 Å². The molecule has 9 heteroatoms. The molecule has 8 nitrogen and oxygen atoms in total. The molecule has 1 aliphatic carbocycles. The van der Waals surface area contributed by atoms with Crippen molar-refractivity contribution < 1.29 is 22.7 Å². The minimum atomic E-state index is -3.59. The molecule has 0 aromatic heterocycles. The molecule has 2 saturated heterocycles. The zero-order valence-corrected chi connectivity index (χ0v) is 17.6. The van der Waals surface area contributed by atoms with E-state index < -0.39 is 16.1 Å². The van der Waals surface area contributed by atoms with Gasteiger partial charge in [0.05, 0.1) is 11.8 Å². The fourth-order valence-electron chi connectivity index (χ4n) is 4.69. The summed E-state index contributed by atoms with van der Waals surface area (Å²) in [5.41, 5.74) is 0. The Morgan fingerprint density at radius 2 is 2.04 bits per heavy atom. The van der Waals surface area contributed by atoms with Crippen molar-refractivity contribution in [1.82, 2.24) is 14.5 Å². The van der Waals surface area contributed by atoms with Crippen LogP contribution in [0.1, 0.15) is 51.4 Å². The van der Waals surface area contributed by atoms with Crippen LogP contribution in [0.4, 0.5) is 0 Å². The summed E-state index contributed by atoms with van der Waals surface area (Å²) in [5, 5.41) is 3.07. The molecule has 3 aliphatic rings. The number of rotatable bonds is 8. The van der Waals surface area contributed by atoms with Crippen molar-refractivity contribution in [2.24, 2.45) is 5.92 Å².